The van der Waals surface area contributed by atoms with Gasteiger partial charge in [-0.05, 0) is 115 Å². The van der Waals surface area contributed by atoms with Crippen molar-refractivity contribution in [1.29, 1.82) is 0 Å². The fraction of sp³-hybridized carbons (Fsp3) is 0.429. The zero-order valence-electron chi connectivity index (χ0n) is 29.6. The van der Waals surface area contributed by atoms with Crippen LogP contribution in [-0.2, 0) is 19.1 Å². The Kier molecular flexibility index (Phi) is 10.0. The summed E-state index contributed by atoms with van der Waals surface area (Å²) in [6.07, 6.45) is 6.77. The number of amides is 4. The van der Waals surface area contributed by atoms with Gasteiger partial charge in [0.25, 0.3) is 11.8 Å². The molecule has 3 aromatic carbocycles. The molecule has 1 atom stereocenters. The Hall–Kier alpha value is -5.00. The first-order chi connectivity index (χ1) is 25.8. The number of aromatic hydroxyl groups is 1. The second-order valence-corrected chi connectivity index (χ2v) is 14.8. The minimum absolute atomic E-state index is 0.0549. The molecule has 4 amide bonds. The van der Waals surface area contributed by atoms with E-state index >= 15 is 0 Å². The van der Waals surface area contributed by atoms with Crippen LogP contribution in [0.2, 0.25) is 0 Å². The molecule has 0 aromatic heterocycles. The lowest BCUT2D eigenvalue weighted by atomic mass is 9.53. The molecule has 1 unspecified atom stereocenters. The van der Waals surface area contributed by atoms with Gasteiger partial charge in [-0.3, -0.25) is 29.4 Å². The largest absolute Gasteiger partial charge is 0.508 e. The predicted molar refractivity (Wildman–Crippen MR) is 193 cm³/mol. The monoisotopic (exact) mass is 720 g/mol. The summed E-state index contributed by atoms with van der Waals surface area (Å²) >= 11 is 0. The first-order valence-electron chi connectivity index (χ1n) is 18.7. The van der Waals surface area contributed by atoms with Crippen LogP contribution in [0.3, 0.4) is 0 Å². The van der Waals surface area contributed by atoms with E-state index in [-0.39, 0.29) is 48.7 Å². The highest BCUT2D eigenvalue weighted by atomic mass is 16.6. The zero-order chi connectivity index (χ0) is 36.5. The van der Waals surface area contributed by atoms with Crippen molar-refractivity contribution < 1.29 is 43.2 Å². The van der Waals surface area contributed by atoms with E-state index in [1.807, 2.05) is 24.3 Å². The molecule has 4 aliphatic carbocycles. The Morgan fingerprint density at radius 1 is 0.698 bits per heavy atom. The molecule has 2 aliphatic heterocycles. The zero-order valence-corrected chi connectivity index (χ0v) is 29.6. The third-order valence-electron chi connectivity index (χ3n) is 11.4. The summed E-state index contributed by atoms with van der Waals surface area (Å²) in [6, 6.07) is 19.7. The summed E-state index contributed by atoms with van der Waals surface area (Å²) in [5.41, 5.74) is 5.57. The van der Waals surface area contributed by atoms with Gasteiger partial charge in [0.2, 0.25) is 11.8 Å². The third-order valence-corrected chi connectivity index (χ3v) is 11.4. The normalized spacial score (nSPS) is 24.4. The topological polar surface area (TPSA) is 141 Å². The Labute approximate surface area is 308 Å². The lowest BCUT2D eigenvalue weighted by molar-refractivity contribution is -0.136. The molecule has 11 nitrogen and oxygen atoms in total. The SMILES string of the molecule is O=C1CCC(N2C(=O)c3cccc(OCCOCCOCCOc4ccc(C(=C5C6CC7CC(C6)CC5C7)c5ccc(O)cc5)cc4)c3C2=O)C(=O)N1. The van der Waals surface area contributed by atoms with Gasteiger partial charge < -0.3 is 24.1 Å². The van der Waals surface area contributed by atoms with E-state index < -0.39 is 29.7 Å². The van der Waals surface area contributed by atoms with E-state index in [4.69, 9.17) is 18.9 Å². The average molecular weight is 721 g/mol. The van der Waals surface area contributed by atoms with Crippen molar-refractivity contribution >= 4 is 29.2 Å². The molecule has 0 spiro atoms. The number of phenolic OH excluding ortho intramolecular Hbond substituents is 1. The standard InChI is InChI=1S/C42H44N2O9/c45-31-8-4-27(5-9-31)37(38-29-21-25-20-26(23-29)24-30(38)22-25)28-6-10-32(11-7-28)52-18-16-50-14-15-51-17-19-53-35-3-1-2-33-39(35)42(49)44(41(33)48)34-12-13-36(46)43-40(34)47/h1-11,25-26,29-30,34,45H,12-24H2,(H,43,46,47). The van der Waals surface area contributed by atoms with Crippen LogP contribution in [-0.4, -0.2) is 79.3 Å². The number of piperidine rings is 1. The number of hydrogen-bond acceptors (Lipinski definition) is 9. The van der Waals surface area contributed by atoms with Gasteiger partial charge in [0.1, 0.15) is 36.5 Å². The van der Waals surface area contributed by atoms with E-state index in [2.05, 4.69) is 17.4 Å². The van der Waals surface area contributed by atoms with Crippen molar-refractivity contribution in [1.82, 2.24) is 10.2 Å². The number of phenols is 1. The number of carbonyl (C=O) groups is 4. The minimum atomic E-state index is -1.04. The smallest absolute Gasteiger partial charge is 0.266 e. The number of ether oxygens (including phenoxy) is 4. The molecule has 1 saturated heterocycles. The van der Waals surface area contributed by atoms with Crippen LogP contribution in [0.15, 0.2) is 72.3 Å². The van der Waals surface area contributed by atoms with Gasteiger partial charge in [-0.2, -0.15) is 0 Å². The van der Waals surface area contributed by atoms with Crippen LogP contribution in [0.5, 0.6) is 17.2 Å². The number of fused-ring (bicyclic) bond motifs is 1. The summed E-state index contributed by atoms with van der Waals surface area (Å²) in [4.78, 5) is 51.0. The first kappa shape index (κ1) is 35.1. The molecule has 53 heavy (non-hydrogen) atoms. The number of nitrogens with zero attached hydrogens (tertiary/aromatic N) is 1. The van der Waals surface area contributed by atoms with Gasteiger partial charge in [0.15, 0.2) is 0 Å². The van der Waals surface area contributed by atoms with Crippen LogP contribution in [0.25, 0.3) is 5.57 Å². The van der Waals surface area contributed by atoms with Crippen LogP contribution in [0.4, 0.5) is 0 Å². The van der Waals surface area contributed by atoms with Gasteiger partial charge in [-0.1, -0.05) is 35.9 Å². The molecule has 3 aromatic rings. The second-order valence-electron chi connectivity index (χ2n) is 14.8. The summed E-state index contributed by atoms with van der Waals surface area (Å²) < 4.78 is 23.1. The maximum atomic E-state index is 13.2. The highest BCUT2D eigenvalue weighted by molar-refractivity contribution is 6.24. The van der Waals surface area contributed by atoms with Gasteiger partial charge >= 0.3 is 0 Å². The Bertz CT molecular complexity index is 1890. The minimum Gasteiger partial charge on any atom is -0.508 e. The molecule has 0 radical (unpaired) electrons. The summed E-state index contributed by atoms with van der Waals surface area (Å²) in [6.45, 7) is 1.87. The van der Waals surface area contributed by atoms with Crippen molar-refractivity contribution in [3.05, 3.63) is 94.6 Å². The molecule has 276 valence electrons. The average Bonchev–Trinajstić information content (AvgIpc) is 3.40. The summed E-state index contributed by atoms with van der Waals surface area (Å²) in [7, 11) is 0. The molecule has 2 N–H and O–H groups in total. The lowest BCUT2D eigenvalue weighted by Gasteiger charge is -2.52. The van der Waals surface area contributed by atoms with Crippen molar-refractivity contribution in [3.8, 4) is 17.2 Å². The first-order valence-corrected chi connectivity index (χ1v) is 18.7. The van der Waals surface area contributed by atoms with Gasteiger partial charge in [0.05, 0.1) is 37.6 Å². The fourth-order valence-corrected chi connectivity index (χ4v) is 9.30. The molecule has 4 bridgehead atoms. The Morgan fingerprint density at radius 3 is 1.94 bits per heavy atom. The molecule has 6 aliphatic rings. The van der Waals surface area contributed by atoms with E-state index in [0.717, 1.165) is 28.0 Å². The predicted octanol–water partition coefficient (Wildman–Crippen LogP) is 5.54. The number of hydrogen-bond donors (Lipinski definition) is 2. The molecule has 2 heterocycles. The molecule has 9 rings (SSSR count). The fourth-order valence-electron chi connectivity index (χ4n) is 9.30. The van der Waals surface area contributed by atoms with Gasteiger partial charge in [0, 0.05) is 6.42 Å². The summed E-state index contributed by atoms with van der Waals surface area (Å²) in [5.74, 6) is 2.09. The van der Waals surface area contributed by atoms with Crippen molar-refractivity contribution in [2.24, 2.45) is 23.7 Å². The number of imide groups is 2. The Balaban J connectivity index is 0.774. The van der Waals surface area contributed by atoms with Crippen molar-refractivity contribution in [2.45, 2.75) is 51.0 Å². The molecular formula is C42H44N2O9. The Morgan fingerprint density at radius 2 is 1.30 bits per heavy atom. The maximum absolute atomic E-state index is 13.2. The third kappa shape index (κ3) is 7.20. The van der Waals surface area contributed by atoms with Crippen molar-refractivity contribution in [3.63, 3.8) is 0 Å². The van der Waals surface area contributed by atoms with Crippen LogP contribution < -0.4 is 14.8 Å². The number of carbonyl (C=O) groups excluding carboxylic acids is 4. The summed E-state index contributed by atoms with van der Waals surface area (Å²) in [5, 5.41) is 12.2. The van der Waals surface area contributed by atoms with E-state index in [9.17, 15) is 24.3 Å². The van der Waals surface area contributed by atoms with Crippen molar-refractivity contribution in [2.75, 3.05) is 39.6 Å². The number of allylic oxidation sites excluding steroid dienone is 1. The number of rotatable bonds is 14. The molecule has 5 fully saturated rings. The van der Waals surface area contributed by atoms with Crippen LogP contribution >= 0.6 is 0 Å². The highest BCUT2D eigenvalue weighted by Gasteiger charge is 2.47. The van der Waals surface area contributed by atoms with Crippen LogP contribution in [0.1, 0.15) is 76.8 Å². The lowest BCUT2D eigenvalue weighted by Crippen LogP contribution is -2.54. The second kappa shape index (κ2) is 15.2. The van der Waals surface area contributed by atoms with Gasteiger partial charge in [-0.25, -0.2) is 0 Å². The van der Waals surface area contributed by atoms with E-state index in [0.29, 0.717) is 38.3 Å². The molecule has 4 saturated carbocycles. The highest BCUT2D eigenvalue weighted by Crippen LogP contribution is 2.58. The van der Waals surface area contributed by atoms with E-state index in [1.165, 1.54) is 49.3 Å². The number of nitrogens with one attached hydrogen (secondary N) is 1. The number of benzene rings is 3. The maximum Gasteiger partial charge on any atom is 0.266 e. The quantitative estimate of drug-likeness (QED) is 0.162. The molecular weight excluding hydrogens is 676 g/mol. The molecule has 11 heteroatoms. The van der Waals surface area contributed by atoms with Gasteiger partial charge in [-0.15, -0.1) is 0 Å². The van der Waals surface area contributed by atoms with E-state index in [1.54, 1.807) is 29.8 Å². The van der Waals surface area contributed by atoms with Crippen LogP contribution in [0, 0.1) is 23.7 Å².